The van der Waals surface area contributed by atoms with E-state index in [2.05, 4.69) is 21.8 Å². The monoisotopic (exact) mass is 367 g/mol. The molecule has 2 aromatic rings. The van der Waals surface area contributed by atoms with Crippen LogP contribution in [0.4, 0.5) is 0 Å². The van der Waals surface area contributed by atoms with Crippen molar-refractivity contribution in [2.75, 3.05) is 7.05 Å². The first-order chi connectivity index (χ1) is 13.0. The molecule has 0 fully saturated rings. The Morgan fingerprint density at radius 1 is 1.22 bits per heavy atom. The first-order valence-corrected chi connectivity index (χ1v) is 8.93. The molecule has 0 saturated heterocycles. The summed E-state index contributed by atoms with van der Waals surface area (Å²) in [4.78, 5) is 23.7. The number of aryl methyl sites for hydroxylation is 2. The molecule has 0 aliphatic rings. The third kappa shape index (κ3) is 5.42. The third-order valence-electron chi connectivity index (χ3n) is 4.50. The molecular weight excluding hydrogens is 342 g/mol. The first kappa shape index (κ1) is 20.2. The standard InChI is InChI=1S/C20H25N5O2/c1-14-18(15(2)25(24-14)12-4-11-21)9-10-19(26)23-13-16-5-7-17(8-6-16)20(27)22-3/h5-8H,4,9-10,12-13H2,1-3H3,(H,22,27)(H,23,26). The van der Waals surface area contributed by atoms with Crippen molar-refractivity contribution >= 4 is 11.8 Å². The number of hydrogen-bond acceptors (Lipinski definition) is 4. The predicted octanol–water partition coefficient (Wildman–Crippen LogP) is 2.02. The second-order valence-corrected chi connectivity index (χ2v) is 6.33. The van der Waals surface area contributed by atoms with Crippen LogP contribution < -0.4 is 10.6 Å². The maximum Gasteiger partial charge on any atom is 0.251 e. The molecule has 7 nitrogen and oxygen atoms in total. The summed E-state index contributed by atoms with van der Waals surface area (Å²) in [6.07, 6.45) is 1.41. The number of aromatic nitrogens is 2. The minimum atomic E-state index is -0.133. The number of carbonyl (C=O) groups excluding carboxylic acids is 2. The van der Waals surface area contributed by atoms with Gasteiger partial charge in [0.25, 0.3) is 5.91 Å². The second kappa shape index (κ2) is 9.53. The smallest absolute Gasteiger partial charge is 0.251 e. The maximum atomic E-state index is 12.2. The largest absolute Gasteiger partial charge is 0.355 e. The second-order valence-electron chi connectivity index (χ2n) is 6.33. The van der Waals surface area contributed by atoms with Crippen LogP contribution in [0, 0.1) is 25.2 Å². The van der Waals surface area contributed by atoms with Crippen molar-refractivity contribution in [3.05, 3.63) is 52.3 Å². The van der Waals surface area contributed by atoms with Crippen LogP contribution in [-0.4, -0.2) is 28.6 Å². The van der Waals surface area contributed by atoms with Gasteiger partial charge in [-0.1, -0.05) is 12.1 Å². The number of carbonyl (C=O) groups is 2. The van der Waals surface area contributed by atoms with E-state index in [0.29, 0.717) is 37.9 Å². The summed E-state index contributed by atoms with van der Waals surface area (Å²) in [5, 5.41) is 18.6. The zero-order valence-corrected chi connectivity index (χ0v) is 16.0. The lowest BCUT2D eigenvalue weighted by atomic mass is 10.1. The lowest BCUT2D eigenvalue weighted by Gasteiger charge is -2.07. The van der Waals surface area contributed by atoms with Crippen LogP contribution in [-0.2, 0) is 24.3 Å². The van der Waals surface area contributed by atoms with Gasteiger partial charge in [0, 0.05) is 31.3 Å². The van der Waals surface area contributed by atoms with Gasteiger partial charge >= 0.3 is 0 Å². The fourth-order valence-electron chi connectivity index (χ4n) is 2.92. The van der Waals surface area contributed by atoms with Crippen molar-refractivity contribution in [2.45, 2.75) is 46.2 Å². The summed E-state index contributed by atoms with van der Waals surface area (Å²) in [6.45, 7) is 4.89. The Labute approximate surface area is 159 Å². The van der Waals surface area contributed by atoms with Gasteiger partial charge < -0.3 is 10.6 Å². The average Bonchev–Trinajstić information content (AvgIpc) is 2.95. The summed E-state index contributed by atoms with van der Waals surface area (Å²) >= 11 is 0. The van der Waals surface area contributed by atoms with E-state index in [4.69, 9.17) is 5.26 Å². The van der Waals surface area contributed by atoms with Crippen LogP contribution in [0.1, 0.15) is 45.7 Å². The highest BCUT2D eigenvalue weighted by molar-refractivity contribution is 5.93. The fourth-order valence-corrected chi connectivity index (χ4v) is 2.92. The maximum absolute atomic E-state index is 12.2. The zero-order valence-electron chi connectivity index (χ0n) is 16.0. The van der Waals surface area contributed by atoms with Crippen LogP contribution in [0.5, 0.6) is 0 Å². The van der Waals surface area contributed by atoms with Gasteiger partial charge in [-0.05, 0) is 43.5 Å². The third-order valence-corrected chi connectivity index (χ3v) is 4.50. The molecule has 0 bridgehead atoms. The summed E-state index contributed by atoms with van der Waals surface area (Å²) < 4.78 is 1.83. The molecule has 142 valence electrons. The molecule has 0 aliphatic carbocycles. The summed E-state index contributed by atoms with van der Waals surface area (Å²) in [7, 11) is 1.59. The Balaban J connectivity index is 1.85. The van der Waals surface area contributed by atoms with Gasteiger partial charge in [-0.25, -0.2) is 0 Å². The fraction of sp³-hybridized carbons (Fsp3) is 0.400. The lowest BCUT2D eigenvalue weighted by Crippen LogP contribution is -2.23. The van der Waals surface area contributed by atoms with Gasteiger partial charge in [0.05, 0.1) is 24.7 Å². The van der Waals surface area contributed by atoms with E-state index < -0.39 is 0 Å². The van der Waals surface area contributed by atoms with Crippen molar-refractivity contribution in [3.8, 4) is 6.07 Å². The highest BCUT2D eigenvalue weighted by Gasteiger charge is 2.13. The van der Waals surface area contributed by atoms with E-state index >= 15 is 0 Å². The highest BCUT2D eigenvalue weighted by atomic mass is 16.2. The van der Waals surface area contributed by atoms with E-state index in [-0.39, 0.29) is 11.8 Å². The molecule has 2 amide bonds. The molecule has 1 aromatic carbocycles. The predicted molar refractivity (Wildman–Crippen MR) is 102 cm³/mol. The van der Waals surface area contributed by atoms with Gasteiger partial charge in [-0.3, -0.25) is 14.3 Å². The minimum absolute atomic E-state index is 0.0334. The molecule has 0 radical (unpaired) electrons. The average molecular weight is 367 g/mol. The van der Waals surface area contributed by atoms with Crippen LogP contribution in [0.25, 0.3) is 0 Å². The van der Waals surface area contributed by atoms with E-state index in [1.165, 1.54) is 0 Å². The Kier molecular flexibility index (Phi) is 7.12. The lowest BCUT2D eigenvalue weighted by molar-refractivity contribution is -0.121. The first-order valence-electron chi connectivity index (χ1n) is 8.93. The number of nitrogens with zero attached hydrogens (tertiary/aromatic N) is 3. The van der Waals surface area contributed by atoms with Crippen LogP contribution in [0.15, 0.2) is 24.3 Å². The molecule has 0 unspecified atom stereocenters. The SMILES string of the molecule is CNC(=O)c1ccc(CNC(=O)CCc2c(C)nn(CCC#N)c2C)cc1. The molecule has 0 atom stereocenters. The van der Waals surface area contributed by atoms with Crippen molar-refractivity contribution in [1.82, 2.24) is 20.4 Å². The van der Waals surface area contributed by atoms with Gasteiger partial charge in [0.1, 0.15) is 0 Å². The van der Waals surface area contributed by atoms with Crippen molar-refractivity contribution < 1.29 is 9.59 Å². The molecule has 1 heterocycles. The van der Waals surface area contributed by atoms with Gasteiger partial charge in [-0.2, -0.15) is 10.4 Å². The Bertz CT molecular complexity index is 846. The van der Waals surface area contributed by atoms with E-state index in [1.807, 2.05) is 30.7 Å². The number of nitrogens with one attached hydrogen (secondary N) is 2. The van der Waals surface area contributed by atoms with E-state index in [0.717, 1.165) is 22.5 Å². The zero-order chi connectivity index (χ0) is 19.8. The van der Waals surface area contributed by atoms with Gasteiger partial charge in [0.15, 0.2) is 0 Å². The molecule has 1 aromatic heterocycles. The number of benzene rings is 1. The van der Waals surface area contributed by atoms with Gasteiger partial charge in [0.2, 0.25) is 5.91 Å². The summed E-state index contributed by atoms with van der Waals surface area (Å²) in [5.41, 5.74) is 4.51. The molecule has 27 heavy (non-hydrogen) atoms. The van der Waals surface area contributed by atoms with Gasteiger partial charge in [-0.15, -0.1) is 0 Å². The van der Waals surface area contributed by atoms with Crippen LogP contribution in [0.3, 0.4) is 0 Å². The molecule has 0 spiro atoms. The highest BCUT2D eigenvalue weighted by Crippen LogP contribution is 2.15. The van der Waals surface area contributed by atoms with E-state index in [9.17, 15) is 9.59 Å². The molecular formula is C20H25N5O2. The molecule has 2 N–H and O–H groups in total. The summed E-state index contributed by atoms with van der Waals surface area (Å²) in [5.74, 6) is -0.166. The number of hydrogen-bond donors (Lipinski definition) is 2. The van der Waals surface area contributed by atoms with E-state index in [1.54, 1.807) is 19.2 Å². The molecule has 0 aliphatic heterocycles. The Morgan fingerprint density at radius 3 is 2.56 bits per heavy atom. The molecule has 0 saturated carbocycles. The number of nitriles is 1. The van der Waals surface area contributed by atoms with Crippen molar-refractivity contribution in [1.29, 1.82) is 5.26 Å². The minimum Gasteiger partial charge on any atom is -0.355 e. The molecule has 2 rings (SSSR count). The normalized spacial score (nSPS) is 10.3. The number of rotatable bonds is 8. The van der Waals surface area contributed by atoms with Crippen LogP contribution >= 0.6 is 0 Å². The Hall–Kier alpha value is -3.14. The van der Waals surface area contributed by atoms with Crippen LogP contribution in [0.2, 0.25) is 0 Å². The number of amides is 2. The topological polar surface area (TPSA) is 99.8 Å². The molecule has 7 heteroatoms. The quantitative estimate of drug-likeness (QED) is 0.745. The summed E-state index contributed by atoms with van der Waals surface area (Å²) in [6, 6.07) is 9.26. The van der Waals surface area contributed by atoms with Crippen molar-refractivity contribution in [3.63, 3.8) is 0 Å². The Morgan fingerprint density at radius 2 is 1.93 bits per heavy atom. The van der Waals surface area contributed by atoms with Crippen molar-refractivity contribution in [2.24, 2.45) is 0 Å².